The third kappa shape index (κ3) is 2.88. The molecular weight excluding hydrogens is 214 g/mol. The Bertz CT molecular complexity index is 374. The summed E-state index contributed by atoms with van der Waals surface area (Å²) in [6.45, 7) is 4.45. The van der Waals surface area contributed by atoms with Gasteiger partial charge in [0.15, 0.2) is 0 Å². The molecule has 1 nitrogen and oxygen atoms in total. The fraction of sp³-hybridized carbons (Fsp3) is 0.500. The van der Waals surface area contributed by atoms with Gasteiger partial charge in [-0.3, -0.25) is 4.99 Å². The van der Waals surface area contributed by atoms with Crippen LogP contribution < -0.4 is 0 Å². The molecule has 0 atom stereocenters. The number of aliphatic imine (C=N–C) groups is 1. The molecule has 0 heterocycles. The van der Waals surface area contributed by atoms with Crippen LogP contribution in [0, 0.1) is 0 Å². The van der Waals surface area contributed by atoms with Crippen LogP contribution in [0.1, 0.15) is 43.7 Å². The number of hydrogen-bond donors (Lipinski definition) is 0. The maximum atomic E-state index is 4.73. The molecule has 2 heteroatoms. The number of rotatable bonds is 3. The van der Waals surface area contributed by atoms with E-state index < -0.39 is 0 Å². The minimum atomic E-state index is 0.604. The first kappa shape index (κ1) is 11.7. The summed E-state index contributed by atoms with van der Waals surface area (Å²) >= 11 is 1.76. The summed E-state index contributed by atoms with van der Waals surface area (Å²) < 4.78 is 0. The van der Waals surface area contributed by atoms with Crippen LogP contribution in [0.15, 0.2) is 29.3 Å². The predicted octanol–water partition coefficient (Wildman–Crippen LogP) is 4.08. The smallest absolute Gasteiger partial charge is 0.0977 e. The molecule has 0 unspecified atom stereocenters. The highest BCUT2D eigenvalue weighted by atomic mass is 32.2. The Kier molecular flexibility index (Phi) is 3.70. The summed E-state index contributed by atoms with van der Waals surface area (Å²) in [5, 5.41) is 1.19. The molecule has 0 spiro atoms. The van der Waals surface area contributed by atoms with Gasteiger partial charge < -0.3 is 0 Å². The quantitative estimate of drug-likeness (QED) is 0.566. The zero-order valence-electron chi connectivity index (χ0n) is 10.2. The van der Waals surface area contributed by atoms with Crippen LogP contribution in [0.2, 0.25) is 0 Å². The van der Waals surface area contributed by atoms with E-state index in [0.29, 0.717) is 12.0 Å². The summed E-state index contributed by atoms with van der Waals surface area (Å²) in [7, 11) is 0. The number of thioether (sulfide) groups is 1. The van der Waals surface area contributed by atoms with E-state index in [9.17, 15) is 0 Å². The monoisotopic (exact) mass is 233 g/mol. The van der Waals surface area contributed by atoms with Gasteiger partial charge in [0.05, 0.1) is 11.1 Å². The Labute approximate surface area is 102 Å². The topological polar surface area (TPSA) is 12.4 Å². The average Bonchev–Trinajstić information content (AvgIpc) is 3.10. The second-order valence-electron chi connectivity index (χ2n) is 4.65. The van der Waals surface area contributed by atoms with Gasteiger partial charge in [0, 0.05) is 5.56 Å². The van der Waals surface area contributed by atoms with Crippen LogP contribution in [0.5, 0.6) is 0 Å². The molecule has 0 saturated heterocycles. The highest BCUT2D eigenvalue weighted by Crippen LogP contribution is 2.26. The molecule has 0 amide bonds. The normalized spacial score (nSPS) is 16.9. The van der Waals surface area contributed by atoms with E-state index >= 15 is 0 Å². The van der Waals surface area contributed by atoms with Gasteiger partial charge in [0.25, 0.3) is 0 Å². The number of benzene rings is 1. The van der Waals surface area contributed by atoms with E-state index in [1.54, 1.807) is 11.8 Å². The molecule has 2 rings (SSSR count). The first-order chi connectivity index (χ1) is 7.70. The van der Waals surface area contributed by atoms with Crippen molar-refractivity contribution in [1.29, 1.82) is 0 Å². The van der Waals surface area contributed by atoms with E-state index in [1.165, 1.54) is 29.0 Å². The Morgan fingerprint density at radius 1 is 1.25 bits per heavy atom. The molecule has 1 aliphatic rings. The van der Waals surface area contributed by atoms with E-state index in [0.717, 1.165) is 0 Å². The van der Waals surface area contributed by atoms with Crippen LogP contribution >= 0.6 is 11.8 Å². The summed E-state index contributed by atoms with van der Waals surface area (Å²) in [6, 6.07) is 9.45. The zero-order chi connectivity index (χ0) is 11.5. The minimum absolute atomic E-state index is 0.604. The molecule has 16 heavy (non-hydrogen) atoms. The van der Waals surface area contributed by atoms with Gasteiger partial charge in [-0.15, -0.1) is 11.8 Å². The predicted molar refractivity (Wildman–Crippen MR) is 73.6 cm³/mol. The van der Waals surface area contributed by atoms with Crippen LogP contribution in [0.3, 0.4) is 0 Å². The second-order valence-corrected chi connectivity index (χ2v) is 5.44. The Morgan fingerprint density at radius 2 is 1.88 bits per heavy atom. The largest absolute Gasteiger partial charge is 0.275 e. The highest BCUT2D eigenvalue weighted by molar-refractivity contribution is 8.13. The van der Waals surface area contributed by atoms with Crippen LogP contribution in [0.25, 0.3) is 0 Å². The SMILES string of the molecule is CSC(=NC1CC1)c1ccc(C(C)C)cc1. The molecule has 86 valence electrons. The van der Waals surface area contributed by atoms with Gasteiger partial charge in [-0.2, -0.15) is 0 Å². The molecule has 0 aromatic heterocycles. The molecule has 1 aromatic rings. The highest BCUT2D eigenvalue weighted by Gasteiger charge is 2.21. The van der Waals surface area contributed by atoms with Gasteiger partial charge in [0.2, 0.25) is 0 Å². The minimum Gasteiger partial charge on any atom is -0.275 e. The van der Waals surface area contributed by atoms with E-state index in [-0.39, 0.29) is 0 Å². The Morgan fingerprint density at radius 3 is 2.31 bits per heavy atom. The molecule has 1 aliphatic carbocycles. The maximum absolute atomic E-state index is 4.73. The average molecular weight is 233 g/mol. The Hall–Kier alpha value is -0.760. The second kappa shape index (κ2) is 5.05. The van der Waals surface area contributed by atoms with Crippen molar-refractivity contribution < 1.29 is 0 Å². The lowest BCUT2D eigenvalue weighted by Crippen LogP contribution is -1.97. The van der Waals surface area contributed by atoms with Gasteiger partial charge in [-0.05, 0) is 30.6 Å². The van der Waals surface area contributed by atoms with Crippen LogP contribution in [-0.2, 0) is 0 Å². The first-order valence-electron chi connectivity index (χ1n) is 5.93. The Balaban J connectivity index is 2.18. The molecule has 0 bridgehead atoms. The summed E-state index contributed by atoms with van der Waals surface area (Å²) in [5.41, 5.74) is 2.67. The van der Waals surface area contributed by atoms with Gasteiger partial charge in [-0.25, -0.2) is 0 Å². The van der Waals surface area contributed by atoms with Crippen molar-refractivity contribution in [3.8, 4) is 0 Å². The first-order valence-corrected chi connectivity index (χ1v) is 7.15. The van der Waals surface area contributed by atoms with E-state index in [4.69, 9.17) is 4.99 Å². The number of hydrogen-bond acceptors (Lipinski definition) is 2. The van der Waals surface area contributed by atoms with Crippen molar-refractivity contribution in [1.82, 2.24) is 0 Å². The molecule has 1 aromatic carbocycles. The van der Waals surface area contributed by atoms with Gasteiger partial charge >= 0.3 is 0 Å². The lowest BCUT2D eigenvalue weighted by Gasteiger charge is -2.07. The number of nitrogens with zero attached hydrogens (tertiary/aromatic N) is 1. The van der Waals surface area contributed by atoms with Gasteiger partial charge in [0.1, 0.15) is 0 Å². The van der Waals surface area contributed by atoms with Crippen molar-refractivity contribution >= 4 is 16.8 Å². The van der Waals surface area contributed by atoms with Crippen molar-refractivity contribution in [2.24, 2.45) is 4.99 Å². The van der Waals surface area contributed by atoms with E-state index in [2.05, 4.69) is 44.4 Å². The molecule has 0 aliphatic heterocycles. The third-order valence-corrected chi connectivity index (χ3v) is 3.59. The standard InChI is InChI=1S/C14H19NS/c1-10(2)11-4-6-12(7-5-11)14(16-3)15-13-8-9-13/h4-7,10,13H,8-9H2,1-3H3. The van der Waals surface area contributed by atoms with Crippen molar-refractivity contribution in [2.45, 2.75) is 38.6 Å². The molecule has 1 fully saturated rings. The molecule has 0 radical (unpaired) electrons. The van der Waals surface area contributed by atoms with Crippen molar-refractivity contribution in [3.63, 3.8) is 0 Å². The third-order valence-electron chi connectivity index (χ3n) is 2.86. The summed E-state index contributed by atoms with van der Waals surface area (Å²) in [5.74, 6) is 0.604. The van der Waals surface area contributed by atoms with Gasteiger partial charge in [-0.1, -0.05) is 38.1 Å². The van der Waals surface area contributed by atoms with Crippen LogP contribution in [0.4, 0.5) is 0 Å². The van der Waals surface area contributed by atoms with Crippen LogP contribution in [-0.4, -0.2) is 17.3 Å². The molecular formula is C14H19NS. The van der Waals surface area contributed by atoms with Crippen molar-refractivity contribution in [3.05, 3.63) is 35.4 Å². The summed E-state index contributed by atoms with van der Waals surface area (Å²) in [4.78, 5) is 4.73. The lowest BCUT2D eigenvalue weighted by atomic mass is 10.0. The van der Waals surface area contributed by atoms with Crippen molar-refractivity contribution in [2.75, 3.05) is 6.26 Å². The molecule has 1 saturated carbocycles. The molecule has 0 N–H and O–H groups in total. The zero-order valence-corrected chi connectivity index (χ0v) is 11.1. The lowest BCUT2D eigenvalue weighted by molar-refractivity contribution is 0.866. The maximum Gasteiger partial charge on any atom is 0.0977 e. The fourth-order valence-corrected chi connectivity index (χ4v) is 2.25. The fourth-order valence-electron chi connectivity index (χ4n) is 1.63. The summed E-state index contributed by atoms with van der Waals surface area (Å²) in [6.07, 6.45) is 4.65. The van der Waals surface area contributed by atoms with E-state index in [1.807, 2.05) is 0 Å².